The molecule has 2 heterocycles. The number of halogens is 2. The molecule has 0 saturated heterocycles. The van der Waals surface area contributed by atoms with Crippen LogP contribution in [0.5, 0.6) is 0 Å². The number of amides is 1. The third-order valence-corrected chi connectivity index (χ3v) is 8.04. The fourth-order valence-corrected chi connectivity index (χ4v) is 5.85. The van der Waals surface area contributed by atoms with E-state index < -0.39 is 29.9 Å². The number of fused-ring (bicyclic) bond motifs is 3. The van der Waals surface area contributed by atoms with E-state index in [2.05, 4.69) is 0 Å². The van der Waals surface area contributed by atoms with Gasteiger partial charge in [0, 0.05) is 23.6 Å². The third-order valence-electron chi connectivity index (χ3n) is 8.04. The SMILES string of the molecule is COC(=O)N1CCc2ccc3c(nc([C@H]4CC[C@H](C(=O)O)CC4)n3[C@@H](C)C(F)(F)c3ccccc3)c2C1. The van der Waals surface area contributed by atoms with Crippen molar-refractivity contribution in [3.05, 3.63) is 65.0 Å². The highest BCUT2D eigenvalue weighted by Gasteiger charge is 2.43. The highest BCUT2D eigenvalue weighted by molar-refractivity contribution is 5.82. The first-order valence-electron chi connectivity index (χ1n) is 12.7. The van der Waals surface area contributed by atoms with Gasteiger partial charge in [-0.3, -0.25) is 4.79 Å². The predicted octanol–water partition coefficient (Wildman–Crippen LogP) is 5.87. The number of benzene rings is 2. The molecular formula is C28H31F2N3O4. The van der Waals surface area contributed by atoms with Gasteiger partial charge in [-0.15, -0.1) is 0 Å². The molecule has 1 atom stereocenters. The van der Waals surface area contributed by atoms with Crippen LogP contribution in [0.25, 0.3) is 11.0 Å². The van der Waals surface area contributed by atoms with Gasteiger partial charge in [-0.05, 0) is 50.7 Å². The van der Waals surface area contributed by atoms with E-state index in [1.165, 1.54) is 26.2 Å². The van der Waals surface area contributed by atoms with Crippen LogP contribution in [0.15, 0.2) is 42.5 Å². The molecule has 2 aromatic carbocycles. The topological polar surface area (TPSA) is 84.7 Å². The molecule has 1 saturated carbocycles. The summed E-state index contributed by atoms with van der Waals surface area (Å²) in [4.78, 5) is 30.3. The fraction of sp³-hybridized carbons (Fsp3) is 0.464. The number of aromatic nitrogens is 2. The van der Waals surface area contributed by atoms with E-state index in [1.807, 2.05) is 12.1 Å². The minimum atomic E-state index is -3.17. The van der Waals surface area contributed by atoms with Gasteiger partial charge in [0.15, 0.2) is 0 Å². The Labute approximate surface area is 214 Å². The van der Waals surface area contributed by atoms with Gasteiger partial charge < -0.3 is 19.3 Å². The Bertz CT molecular complexity index is 1320. The lowest BCUT2D eigenvalue weighted by Gasteiger charge is -2.31. The van der Waals surface area contributed by atoms with Gasteiger partial charge in [0.25, 0.3) is 5.92 Å². The Kier molecular flexibility index (Phi) is 6.64. The van der Waals surface area contributed by atoms with Crippen molar-refractivity contribution in [2.24, 2.45) is 5.92 Å². The van der Waals surface area contributed by atoms with Crippen LogP contribution in [0, 0.1) is 5.92 Å². The molecule has 1 fully saturated rings. The zero-order valence-electron chi connectivity index (χ0n) is 21.0. The van der Waals surface area contributed by atoms with Gasteiger partial charge in [-0.25, -0.2) is 9.78 Å². The lowest BCUT2D eigenvalue weighted by molar-refractivity contribution is -0.142. The van der Waals surface area contributed by atoms with Crippen molar-refractivity contribution >= 4 is 23.1 Å². The number of carboxylic acid groups (broad SMARTS) is 1. The average Bonchev–Trinajstić information content (AvgIpc) is 3.32. The number of nitrogens with zero attached hydrogens (tertiary/aromatic N) is 3. The van der Waals surface area contributed by atoms with Gasteiger partial charge in [-0.2, -0.15) is 8.78 Å². The van der Waals surface area contributed by atoms with E-state index >= 15 is 8.78 Å². The number of alkyl halides is 2. The molecule has 1 aliphatic heterocycles. The maximum atomic E-state index is 15.9. The van der Waals surface area contributed by atoms with Crippen molar-refractivity contribution in [2.45, 2.75) is 63.5 Å². The summed E-state index contributed by atoms with van der Waals surface area (Å²) in [6, 6.07) is 10.4. The number of rotatable bonds is 5. The Morgan fingerprint density at radius 3 is 2.46 bits per heavy atom. The third kappa shape index (κ3) is 4.45. The summed E-state index contributed by atoms with van der Waals surface area (Å²) in [5.41, 5.74) is 3.05. The molecule has 0 spiro atoms. The molecule has 196 valence electrons. The zero-order chi connectivity index (χ0) is 26.3. The summed E-state index contributed by atoms with van der Waals surface area (Å²) < 4.78 is 38.4. The smallest absolute Gasteiger partial charge is 0.409 e. The standard InChI is InChI=1S/C28H31F2N3O4/c1-17(28(29,30)21-6-4-3-5-7-21)33-23-13-12-18-14-15-32(27(36)37-2)16-22(18)24(23)31-25(33)19-8-10-20(11-9-19)26(34)35/h3-7,12-13,17,19-20H,8-11,14-16H2,1-2H3,(H,34,35)/t17-,19-,20-/m0/s1. The Morgan fingerprint density at radius 1 is 1.11 bits per heavy atom. The van der Waals surface area contributed by atoms with Crippen molar-refractivity contribution in [1.82, 2.24) is 14.5 Å². The van der Waals surface area contributed by atoms with Crippen LogP contribution in [0.4, 0.5) is 13.6 Å². The molecule has 9 heteroatoms. The van der Waals surface area contributed by atoms with Crippen molar-refractivity contribution in [3.8, 4) is 0 Å². The lowest BCUT2D eigenvalue weighted by atomic mass is 9.81. The summed E-state index contributed by atoms with van der Waals surface area (Å²) in [6.07, 6.45) is 2.31. The summed E-state index contributed by atoms with van der Waals surface area (Å²) in [6.45, 7) is 2.33. The van der Waals surface area contributed by atoms with Crippen molar-refractivity contribution < 1.29 is 28.2 Å². The maximum absolute atomic E-state index is 15.9. The molecule has 1 N–H and O–H groups in total. The number of imidazole rings is 1. The molecule has 0 radical (unpaired) electrons. The second-order valence-corrected chi connectivity index (χ2v) is 10.1. The van der Waals surface area contributed by atoms with E-state index in [4.69, 9.17) is 9.72 Å². The first-order chi connectivity index (χ1) is 17.7. The quantitative estimate of drug-likeness (QED) is 0.463. The van der Waals surface area contributed by atoms with E-state index in [1.54, 1.807) is 27.7 Å². The normalized spacial score (nSPS) is 20.9. The second kappa shape index (κ2) is 9.76. The van der Waals surface area contributed by atoms with Crippen LogP contribution in [0.3, 0.4) is 0 Å². The molecule has 5 rings (SSSR count). The number of carbonyl (C=O) groups excluding carboxylic acids is 1. The average molecular weight is 512 g/mol. The molecule has 1 aliphatic carbocycles. The zero-order valence-corrected chi connectivity index (χ0v) is 21.0. The number of hydrogen-bond donors (Lipinski definition) is 1. The maximum Gasteiger partial charge on any atom is 0.409 e. The Morgan fingerprint density at radius 2 is 1.81 bits per heavy atom. The largest absolute Gasteiger partial charge is 0.481 e. The van der Waals surface area contributed by atoms with E-state index in [0.29, 0.717) is 62.1 Å². The minimum Gasteiger partial charge on any atom is -0.481 e. The van der Waals surface area contributed by atoms with E-state index in [9.17, 15) is 14.7 Å². The molecule has 1 amide bonds. The Balaban J connectivity index is 1.63. The van der Waals surface area contributed by atoms with Crippen LogP contribution in [0.1, 0.15) is 67.1 Å². The van der Waals surface area contributed by atoms with E-state index in [0.717, 1.165) is 11.1 Å². The summed E-state index contributed by atoms with van der Waals surface area (Å²) in [7, 11) is 1.34. The summed E-state index contributed by atoms with van der Waals surface area (Å²) >= 11 is 0. The molecule has 7 nitrogen and oxygen atoms in total. The number of carboxylic acids is 1. The molecule has 2 aliphatic rings. The number of ether oxygens (including phenoxy) is 1. The minimum absolute atomic E-state index is 0.0697. The van der Waals surface area contributed by atoms with Gasteiger partial charge in [0.1, 0.15) is 11.9 Å². The number of carbonyl (C=O) groups is 2. The van der Waals surface area contributed by atoms with Crippen molar-refractivity contribution in [1.29, 1.82) is 0 Å². The molecule has 3 aromatic rings. The number of methoxy groups -OCH3 is 1. The highest BCUT2D eigenvalue weighted by atomic mass is 19.3. The van der Waals surface area contributed by atoms with Crippen molar-refractivity contribution in [3.63, 3.8) is 0 Å². The van der Waals surface area contributed by atoms with Crippen LogP contribution in [-0.4, -0.2) is 45.3 Å². The molecule has 1 aromatic heterocycles. The van der Waals surface area contributed by atoms with E-state index in [-0.39, 0.29) is 11.5 Å². The summed E-state index contributed by atoms with van der Waals surface area (Å²) in [5, 5.41) is 9.44. The first-order valence-corrected chi connectivity index (χ1v) is 12.7. The fourth-order valence-electron chi connectivity index (χ4n) is 5.85. The predicted molar refractivity (Wildman–Crippen MR) is 134 cm³/mol. The van der Waals surface area contributed by atoms with Gasteiger partial charge >= 0.3 is 12.1 Å². The lowest BCUT2D eigenvalue weighted by Crippen LogP contribution is -2.36. The van der Waals surface area contributed by atoms with Gasteiger partial charge in [0.05, 0.1) is 30.6 Å². The number of hydrogen-bond acceptors (Lipinski definition) is 4. The van der Waals surface area contributed by atoms with Gasteiger partial charge in [-0.1, -0.05) is 36.4 Å². The highest BCUT2D eigenvalue weighted by Crippen LogP contribution is 2.45. The second-order valence-electron chi connectivity index (χ2n) is 10.1. The molecule has 0 bridgehead atoms. The van der Waals surface area contributed by atoms with Crippen molar-refractivity contribution in [2.75, 3.05) is 13.7 Å². The monoisotopic (exact) mass is 511 g/mol. The molecular weight excluding hydrogens is 480 g/mol. The number of aliphatic carboxylic acids is 1. The van der Waals surface area contributed by atoms with Crippen LogP contribution < -0.4 is 0 Å². The van der Waals surface area contributed by atoms with Crippen LogP contribution in [0.2, 0.25) is 0 Å². The van der Waals surface area contributed by atoms with Crippen LogP contribution in [-0.2, 0) is 28.4 Å². The molecule has 37 heavy (non-hydrogen) atoms. The first kappa shape index (κ1) is 25.2. The van der Waals surface area contributed by atoms with Gasteiger partial charge in [0.2, 0.25) is 0 Å². The van der Waals surface area contributed by atoms with Crippen LogP contribution >= 0.6 is 0 Å². The molecule has 0 unspecified atom stereocenters. The summed E-state index contributed by atoms with van der Waals surface area (Å²) in [5.74, 6) is -3.97. The Hall–Kier alpha value is -3.49.